The fourth-order valence-corrected chi connectivity index (χ4v) is 6.10. The van der Waals surface area contributed by atoms with Gasteiger partial charge in [0, 0.05) is 0 Å². The second-order valence-corrected chi connectivity index (χ2v) is 9.85. The van der Waals surface area contributed by atoms with Gasteiger partial charge in [0.1, 0.15) is 13.2 Å². The molecule has 0 aromatic rings. The van der Waals surface area contributed by atoms with E-state index in [4.69, 9.17) is 23.7 Å². The van der Waals surface area contributed by atoms with E-state index in [-0.39, 0.29) is 50.1 Å². The highest BCUT2D eigenvalue weighted by atomic mass is 16.6. The van der Waals surface area contributed by atoms with Gasteiger partial charge in [-0.15, -0.1) is 0 Å². The normalized spacial score (nSPS) is 32.6. The maximum atomic E-state index is 12.3. The largest absolute Gasteiger partial charge is 0.481 e. The van der Waals surface area contributed by atoms with E-state index in [2.05, 4.69) is 0 Å². The van der Waals surface area contributed by atoms with Crippen LogP contribution in [0.4, 0.5) is 0 Å². The van der Waals surface area contributed by atoms with Crippen molar-refractivity contribution in [2.45, 2.75) is 12.8 Å². The Kier molecular flexibility index (Phi) is 9.33. The summed E-state index contributed by atoms with van der Waals surface area (Å²) in [6, 6.07) is 0. The smallest absolute Gasteiger partial charge is 0.310 e. The Bertz CT molecular complexity index is 840. The van der Waals surface area contributed by atoms with Gasteiger partial charge in [-0.05, 0) is 36.5 Å². The standard InChI is InChI=1S/C26H34O11/c27-23(28)19-15-1-3-17(13-15)21(19)25(31)36-11-9-34-7-5-33-6-8-35-10-12-37-26(32)22-18-4-2-16(14-18)20(22)24(29)30/h1-4,15-22H,5-14H2,(H,27,28)(H,29,30)/t15-,16-,17+,18+,19-,20-,21+,22+/m0/s1. The summed E-state index contributed by atoms with van der Waals surface area (Å²) in [7, 11) is 0. The quantitative estimate of drug-likeness (QED) is 0.170. The molecule has 4 aliphatic rings. The van der Waals surface area contributed by atoms with Crippen LogP contribution < -0.4 is 0 Å². The molecule has 4 bridgehead atoms. The van der Waals surface area contributed by atoms with Gasteiger partial charge < -0.3 is 33.9 Å². The molecule has 2 saturated carbocycles. The third-order valence-corrected chi connectivity index (χ3v) is 7.72. The second-order valence-electron chi connectivity index (χ2n) is 9.85. The lowest BCUT2D eigenvalue weighted by atomic mass is 9.83. The van der Waals surface area contributed by atoms with Crippen molar-refractivity contribution in [2.75, 3.05) is 52.9 Å². The van der Waals surface area contributed by atoms with E-state index in [0.29, 0.717) is 39.3 Å². The summed E-state index contributed by atoms with van der Waals surface area (Å²) in [6.45, 7) is 1.71. The first-order valence-electron chi connectivity index (χ1n) is 12.8. The van der Waals surface area contributed by atoms with Crippen molar-refractivity contribution >= 4 is 23.9 Å². The van der Waals surface area contributed by atoms with Crippen LogP contribution in [-0.2, 0) is 42.9 Å². The second kappa shape index (κ2) is 12.7. The van der Waals surface area contributed by atoms with E-state index < -0.39 is 47.5 Å². The minimum absolute atomic E-state index is 0.0519. The van der Waals surface area contributed by atoms with Gasteiger partial charge in [-0.2, -0.15) is 0 Å². The number of carboxylic acid groups (broad SMARTS) is 2. The molecule has 2 fully saturated rings. The molecule has 0 saturated heterocycles. The predicted octanol–water partition coefficient (Wildman–Crippen LogP) is 1.17. The Hall–Kier alpha value is -2.76. The van der Waals surface area contributed by atoms with Crippen molar-refractivity contribution in [1.29, 1.82) is 0 Å². The molecule has 4 aliphatic carbocycles. The number of ether oxygens (including phenoxy) is 5. The minimum Gasteiger partial charge on any atom is -0.481 e. The molecule has 0 amide bonds. The van der Waals surface area contributed by atoms with Crippen LogP contribution in [0.25, 0.3) is 0 Å². The number of carbonyl (C=O) groups is 4. The average Bonchev–Trinajstić information content (AvgIpc) is 3.66. The maximum Gasteiger partial charge on any atom is 0.310 e. The summed E-state index contributed by atoms with van der Waals surface area (Å²) in [5.74, 6) is -5.89. The fraction of sp³-hybridized carbons (Fsp3) is 0.692. The van der Waals surface area contributed by atoms with E-state index in [1.54, 1.807) is 0 Å². The Morgan fingerprint density at radius 2 is 0.811 bits per heavy atom. The molecule has 11 heteroatoms. The number of esters is 2. The number of hydrogen-bond acceptors (Lipinski definition) is 9. The molecule has 0 aromatic heterocycles. The lowest BCUT2D eigenvalue weighted by Crippen LogP contribution is -2.34. The fourth-order valence-electron chi connectivity index (χ4n) is 6.10. The van der Waals surface area contributed by atoms with Crippen LogP contribution in [0.1, 0.15) is 12.8 Å². The number of aliphatic carboxylic acids is 2. The zero-order valence-corrected chi connectivity index (χ0v) is 20.6. The third kappa shape index (κ3) is 6.39. The molecule has 0 heterocycles. The molecule has 0 radical (unpaired) electrons. The molecule has 37 heavy (non-hydrogen) atoms. The SMILES string of the molecule is O=C(O)[C@@H]1[C@H](C(=O)OCCOCCOCCOCCOC(=O)[C@H]2[C@@H](C(=O)O)[C@H]3C=C[C@@H]2C3)[C@@H]2C=C[C@H]1C2. The molecule has 8 atom stereocenters. The van der Waals surface area contributed by atoms with Crippen molar-refractivity contribution in [3.8, 4) is 0 Å². The summed E-state index contributed by atoms with van der Waals surface area (Å²) in [5.41, 5.74) is 0. The molecule has 0 spiro atoms. The highest BCUT2D eigenvalue weighted by Crippen LogP contribution is 2.49. The number of allylic oxidation sites excluding steroid dienone is 4. The predicted molar refractivity (Wildman–Crippen MR) is 125 cm³/mol. The summed E-state index contributed by atoms with van der Waals surface area (Å²) in [4.78, 5) is 47.6. The van der Waals surface area contributed by atoms with Crippen molar-refractivity contribution in [1.82, 2.24) is 0 Å². The van der Waals surface area contributed by atoms with Crippen LogP contribution in [0, 0.1) is 47.3 Å². The molecule has 0 unspecified atom stereocenters. The number of fused-ring (bicyclic) bond motifs is 4. The summed E-state index contributed by atoms with van der Waals surface area (Å²) >= 11 is 0. The van der Waals surface area contributed by atoms with Crippen LogP contribution in [0.5, 0.6) is 0 Å². The number of carboxylic acids is 2. The van der Waals surface area contributed by atoms with Gasteiger partial charge in [0.2, 0.25) is 0 Å². The number of rotatable bonds is 16. The lowest BCUT2D eigenvalue weighted by molar-refractivity contribution is -0.159. The van der Waals surface area contributed by atoms with E-state index >= 15 is 0 Å². The van der Waals surface area contributed by atoms with Gasteiger partial charge in [0.15, 0.2) is 0 Å². The highest BCUT2D eigenvalue weighted by Gasteiger charge is 2.53. The van der Waals surface area contributed by atoms with Crippen LogP contribution in [-0.4, -0.2) is 86.9 Å². The van der Waals surface area contributed by atoms with Crippen molar-refractivity contribution in [3.05, 3.63) is 24.3 Å². The van der Waals surface area contributed by atoms with Gasteiger partial charge in [-0.25, -0.2) is 0 Å². The summed E-state index contributed by atoms with van der Waals surface area (Å²) in [5, 5.41) is 18.8. The highest BCUT2D eigenvalue weighted by molar-refractivity contribution is 5.84. The van der Waals surface area contributed by atoms with E-state index in [1.807, 2.05) is 24.3 Å². The molecule has 204 valence electrons. The zero-order chi connectivity index (χ0) is 26.4. The van der Waals surface area contributed by atoms with Gasteiger partial charge in [-0.1, -0.05) is 24.3 Å². The Labute approximate surface area is 214 Å². The molecule has 4 rings (SSSR count). The van der Waals surface area contributed by atoms with Crippen LogP contribution >= 0.6 is 0 Å². The summed E-state index contributed by atoms with van der Waals surface area (Å²) in [6.07, 6.45) is 8.96. The molecule has 11 nitrogen and oxygen atoms in total. The van der Waals surface area contributed by atoms with E-state index in [9.17, 15) is 29.4 Å². The third-order valence-electron chi connectivity index (χ3n) is 7.72. The van der Waals surface area contributed by atoms with Crippen molar-refractivity contribution < 1.29 is 53.1 Å². The average molecular weight is 523 g/mol. The van der Waals surface area contributed by atoms with Crippen LogP contribution in [0.15, 0.2) is 24.3 Å². The zero-order valence-electron chi connectivity index (χ0n) is 20.6. The molecular formula is C26H34O11. The molecule has 2 N–H and O–H groups in total. The van der Waals surface area contributed by atoms with Crippen molar-refractivity contribution in [2.24, 2.45) is 47.3 Å². The van der Waals surface area contributed by atoms with Gasteiger partial charge in [-0.3, -0.25) is 19.2 Å². The van der Waals surface area contributed by atoms with Gasteiger partial charge >= 0.3 is 23.9 Å². The van der Waals surface area contributed by atoms with E-state index in [1.165, 1.54) is 0 Å². The van der Waals surface area contributed by atoms with Gasteiger partial charge in [0.05, 0.1) is 63.3 Å². The van der Waals surface area contributed by atoms with Crippen molar-refractivity contribution in [3.63, 3.8) is 0 Å². The Morgan fingerprint density at radius 3 is 1.14 bits per heavy atom. The number of carbonyl (C=O) groups excluding carboxylic acids is 2. The monoisotopic (exact) mass is 522 g/mol. The van der Waals surface area contributed by atoms with E-state index in [0.717, 1.165) is 0 Å². The Morgan fingerprint density at radius 1 is 0.514 bits per heavy atom. The Balaban J connectivity index is 0.961. The molecular weight excluding hydrogens is 488 g/mol. The molecule has 0 aromatic carbocycles. The summed E-state index contributed by atoms with van der Waals surface area (Å²) < 4.78 is 26.6. The maximum absolute atomic E-state index is 12.3. The molecule has 0 aliphatic heterocycles. The first-order valence-corrected chi connectivity index (χ1v) is 12.8. The van der Waals surface area contributed by atoms with Crippen LogP contribution in [0.2, 0.25) is 0 Å². The first kappa shape index (κ1) is 27.3. The van der Waals surface area contributed by atoms with Crippen LogP contribution in [0.3, 0.4) is 0 Å². The topological polar surface area (TPSA) is 155 Å². The minimum atomic E-state index is -0.959. The van der Waals surface area contributed by atoms with Gasteiger partial charge in [0.25, 0.3) is 0 Å². The lowest BCUT2D eigenvalue weighted by Gasteiger charge is -2.23. The first-order chi connectivity index (χ1) is 17.9. The number of hydrogen-bond donors (Lipinski definition) is 2.